The van der Waals surface area contributed by atoms with Crippen LogP contribution in [0.1, 0.15) is 32.4 Å². The van der Waals surface area contributed by atoms with Crippen LogP contribution in [-0.2, 0) is 9.53 Å². The molecule has 2 aromatic carbocycles. The summed E-state index contributed by atoms with van der Waals surface area (Å²) in [5, 5.41) is 0. The van der Waals surface area contributed by atoms with Gasteiger partial charge in [0.1, 0.15) is 17.9 Å². The minimum Gasteiger partial charge on any atom is -0.444 e. The maximum atomic E-state index is 12.2. The summed E-state index contributed by atoms with van der Waals surface area (Å²) in [6, 6.07) is 16.9. The molecule has 0 radical (unpaired) electrons. The van der Waals surface area contributed by atoms with Gasteiger partial charge in [-0.2, -0.15) is 0 Å². The van der Waals surface area contributed by atoms with Crippen LogP contribution in [-0.4, -0.2) is 29.9 Å². The van der Waals surface area contributed by atoms with Gasteiger partial charge in [0.15, 0.2) is 0 Å². The van der Waals surface area contributed by atoms with E-state index in [1.54, 1.807) is 27.8 Å². The van der Waals surface area contributed by atoms with Crippen LogP contribution in [0.5, 0.6) is 0 Å². The molecule has 1 unspecified atom stereocenters. The van der Waals surface area contributed by atoms with Gasteiger partial charge in [-0.05, 0) is 37.5 Å². The second-order valence-corrected chi connectivity index (χ2v) is 6.66. The van der Waals surface area contributed by atoms with E-state index in [0.29, 0.717) is 0 Å². The monoisotopic (exact) mass is 325 g/mol. The smallest absolute Gasteiger partial charge is 0.410 e. The van der Waals surface area contributed by atoms with Gasteiger partial charge in [0.2, 0.25) is 0 Å². The second-order valence-electron chi connectivity index (χ2n) is 6.66. The minimum absolute atomic E-state index is 0.522. The lowest BCUT2D eigenvalue weighted by Gasteiger charge is -2.28. The molecule has 0 aliphatic rings. The predicted octanol–water partition coefficient (Wildman–Crippen LogP) is 4.46. The van der Waals surface area contributed by atoms with Crippen LogP contribution in [0.2, 0.25) is 0 Å². The van der Waals surface area contributed by atoms with Gasteiger partial charge in [-0.15, -0.1) is 0 Å². The van der Waals surface area contributed by atoms with Crippen LogP contribution >= 0.6 is 0 Å². The van der Waals surface area contributed by atoms with Crippen LogP contribution in [0.3, 0.4) is 0 Å². The van der Waals surface area contributed by atoms with Gasteiger partial charge >= 0.3 is 6.09 Å². The fraction of sp³-hybridized carbons (Fsp3) is 0.300. The Morgan fingerprint density at radius 3 is 2.04 bits per heavy atom. The first-order valence-corrected chi connectivity index (χ1v) is 7.88. The second kappa shape index (κ2) is 7.30. The van der Waals surface area contributed by atoms with E-state index in [-0.39, 0.29) is 0 Å². The highest BCUT2D eigenvalue weighted by atomic mass is 16.6. The summed E-state index contributed by atoms with van der Waals surface area (Å²) >= 11 is 0. The molecule has 2 aromatic rings. The Kier molecular flexibility index (Phi) is 5.39. The molecule has 1 atom stereocenters. The standard InChI is InChI=1S/C20H23NO3/c1-20(2,3)24-19(23)21(4)18(14-22)17-12-10-16(11-13-17)15-8-6-5-7-9-15/h5-14,18H,1-4H3. The normalized spacial score (nSPS) is 12.3. The Bertz CT molecular complexity index is 687. The van der Waals surface area contributed by atoms with Crippen LogP contribution in [0, 0.1) is 0 Å². The van der Waals surface area contributed by atoms with Crippen molar-refractivity contribution in [3.8, 4) is 11.1 Å². The zero-order valence-corrected chi connectivity index (χ0v) is 14.5. The van der Waals surface area contributed by atoms with Gasteiger partial charge in [-0.25, -0.2) is 4.79 Å². The third-order valence-corrected chi connectivity index (χ3v) is 3.59. The molecule has 0 fully saturated rings. The van der Waals surface area contributed by atoms with Gasteiger partial charge < -0.3 is 9.53 Å². The fourth-order valence-electron chi connectivity index (χ4n) is 2.34. The van der Waals surface area contributed by atoms with Crippen molar-refractivity contribution in [3.05, 3.63) is 60.2 Å². The fourth-order valence-corrected chi connectivity index (χ4v) is 2.34. The molecule has 0 aliphatic heterocycles. The quantitative estimate of drug-likeness (QED) is 0.780. The van der Waals surface area contributed by atoms with Crippen LogP contribution in [0.25, 0.3) is 11.1 Å². The van der Waals surface area contributed by atoms with E-state index >= 15 is 0 Å². The van der Waals surface area contributed by atoms with Crippen molar-refractivity contribution in [2.45, 2.75) is 32.4 Å². The molecule has 4 heteroatoms. The molecule has 0 heterocycles. The number of nitrogens with zero attached hydrogens (tertiary/aromatic N) is 1. The van der Waals surface area contributed by atoms with Crippen LogP contribution < -0.4 is 0 Å². The summed E-state index contributed by atoms with van der Waals surface area (Å²) in [5.74, 6) is 0. The van der Waals surface area contributed by atoms with Crippen molar-refractivity contribution in [1.82, 2.24) is 4.90 Å². The summed E-state index contributed by atoms with van der Waals surface area (Å²) in [4.78, 5) is 25.0. The number of aldehydes is 1. The number of hydrogen-bond acceptors (Lipinski definition) is 3. The lowest BCUT2D eigenvalue weighted by molar-refractivity contribution is -0.112. The van der Waals surface area contributed by atoms with Crippen molar-refractivity contribution >= 4 is 12.4 Å². The Morgan fingerprint density at radius 2 is 1.54 bits per heavy atom. The Morgan fingerprint density at radius 1 is 1.00 bits per heavy atom. The third-order valence-electron chi connectivity index (χ3n) is 3.59. The maximum absolute atomic E-state index is 12.2. The molecule has 0 aromatic heterocycles. The zero-order chi connectivity index (χ0) is 17.7. The van der Waals surface area contributed by atoms with E-state index in [1.807, 2.05) is 54.6 Å². The summed E-state index contributed by atoms with van der Waals surface area (Å²) in [6.07, 6.45) is 0.230. The van der Waals surface area contributed by atoms with Gasteiger partial charge in [0, 0.05) is 7.05 Å². The number of likely N-dealkylation sites (N-methyl/N-ethyl adjacent to an activating group) is 1. The number of amides is 1. The highest BCUT2D eigenvalue weighted by Gasteiger charge is 2.26. The maximum Gasteiger partial charge on any atom is 0.410 e. The minimum atomic E-state index is -0.676. The molecule has 0 N–H and O–H groups in total. The molecule has 2 rings (SSSR count). The van der Waals surface area contributed by atoms with Crippen LogP contribution in [0.4, 0.5) is 4.79 Å². The molecular formula is C20H23NO3. The molecule has 0 saturated carbocycles. The van der Waals surface area contributed by atoms with Gasteiger partial charge in [0.25, 0.3) is 0 Å². The molecule has 0 aliphatic carbocycles. The van der Waals surface area contributed by atoms with E-state index in [9.17, 15) is 9.59 Å². The molecule has 24 heavy (non-hydrogen) atoms. The number of ether oxygens (including phenoxy) is 1. The summed E-state index contributed by atoms with van der Waals surface area (Å²) in [7, 11) is 1.57. The van der Waals surface area contributed by atoms with Gasteiger partial charge in [-0.3, -0.25) is 4.90 Å². The number of benzene rings is 2. The van der Waals surface area contributed by atoms with E-state index in [0.717, 1.165) is 23.0 Å². The number of hydrogen-bond donors (Lipinski definition) is 0. The lowest BCUT2D eigenvalue weighted by Crippen LogP contribution is -2.37. The van der Waals surface area contributed by atoms with Crippen molar-refractivity contribution in [1.29, 1.82) is 0 Å². The Hall–Kier alpha value is -2.62. The summed E-state index contributed by atoms with van der Waals surface area (Å²) < 4.78 is 5.32. The molecule has 0 spiro atoms. The summed E-state index contributed by atoms with van der Waals surface area (Å²) in [6.45, 7) is 5.38. The van der Waals surface area contributed by atoms with E-state index in [2.05, 4.69) is 0 Å². The molecule has 1 amide bonds. The largest absolute Gasteiger partial charge is 0.444 e. The first-order valence-electron chi connectivity index (χ1n) is 7.88. The van der Waals surface area contributed by atoms with Crippen LogP contribution in [0.15, 0.2) is 54.6 Å². The Labute approximate surface area is 143 Å². The van der Waals surface area contributed by atoms with E-state index in [1.165, 1.54) is 4.90 Å². The zero-order valence-electron chi connectivity index (χ0n) is 14.5. The first kappa shape index (κ1) is 17.7. The highest BCUT2D eigenvalue weighted by Crippen LogP contribution is 2.24. The average Bonchev–Trinajstić information content (AvgIpc) is 2.55. The van der Waals surface area contributed by atoms with Crippen molar-refractivity contribution in [2.75, 3.05) is 7.05 Å². The number of carbonyl (C=O) groups is 2. The third kappa shape index (κ3) is 4.44. The topological polar surface area (TPSA) is 46.6 Å². The number of rotatable bonds is 4. The van der Waals surface area contributed by atoms with Crippen molar-refractivity contribution in [2.24, 2.45) is 0 Å². The average molecular weight is 325 g/mol. The van der Waals surface area contributed by atoms with Crippen molar-refractivity contribution < 1.29 is 14.3 Å². The molecular weight excluding hydrogens is 302 g/mol. The van der Waals surface area contributed by atoms with Gasteiger partial charge in [-0.1, -0.05) is 54.6 Å². The number of carbonyl (C=O) groups excluding carboxylic acids is 2. The predicted molar refractivity (Wildman–Crippen MR) is 94.7 cm³/mol. The van der Waals surface area contributed by atoms with Gasteiger partial charge in [0.05, 0.1) is 0 Å². The first-order chi connectivity index (χ1) is 11.3. The molecule has 4 nitrogen and oxygen atoms in total. The van der Waals surface area contributed by atoms with Crippen molar-refractivity contribution in [3.63, 3.8) is 0 Å². The SMILES string of the molecule is CN(C(=O)OC(C)(C)C)C(C=O)c1ccc(-c2ccccc2)cc1. The Balaban J connectivity index is 2.19. The molecule has 126 valence electrons. The highest BCUT2D eigenvalue weighted by molar-refractivity contribution is 5.75. The lowest BCUT2D eigenvalue weighted by atomic mass is 10.0. The molecule has 0 saturated heterocycles. The summed E-state index contributed by atoms with van der Waals surface area (Å²) in [5.41, 5.74) is 2.31. The van der Waals surface area contributed by atoms with E-state index < -0.39 is 17.7 Å². The van der Waals surface area contributed by atoms with E-state index in [4.69, 9.17) is 4.74 Å². The molecule has 0 bridgehead atoms.